The number of aromatic nitrogens is 1. The first-order valence-corrected chi connectivity index (χ1v) is 14.6. The van der Waals surface area contributed by atoms with Gasteiger partial charge in [0.05, 0.1) is 6.61 Å². The van der Waals surface area contributed by atoms with Crippen molar-refractivity contribution in [2.45, 2.75) is 63.7 Å². The van der Waals surface area contributed by atoms with E-state index in [2.05, 4.69) is 27.5 Å². The van der Waals surface area contributed by atoms with E-state index >= 15 is 0 Å². The first-order valence-electron chi connectivity index (χ1n) is 13.7. The van der Waals surface area contributed by atoms with Crippen molar-refractivity contribution in [2.75, 3.05) is 24.3 Å². The van der Waals surface area contributed by atoms with E-state index < -0.39 is 11.9 Å². The lowest BCUT2D eigenvalue weighted by Gasteiger charge is -2.29. The van der Waals surface area contributed by atoms with Crippen LogP contribution in [0.15, 0.2) is 60.6 Å². The minimum absolute atomic E-state index is 0.320. The van der Waals surface area contributed by atoms with Gasteiger partial charge in [0.1, 0.15) is 10.8 Å². The normalized spacial score (nSPS) is 15.7. The molecule has 2 aliphatic carbocycles. The summed E-state index contributed by atoms with van der Waals surface area (Å²) >= 11 is 0.997. The van der Waals surface area contributed by atoms with Crippen LogP contribution >= 0.6 is 11.3 Å². The molecular formula is C31H37F3N4OS. The highest BCUT2D eigenvalue weighted by molar-refractivity contribution is 7.11. The standard InChI is InChI=1S/C25H26F3N3OS.C6H11N/c1-3-32-19-11-12-20(22(14-19)30-18-5-4-6-18)21(13-16-7-9-17(29-2)10-8-16)24-31-23(15-33-24)25(26,27)28;1-2-7-6-4-3-5-6/h7-15,18,29-30H,3-6H2,1-2H3;2,6-7H,1,3-5H2/b21-13-;. The number of halogens is 3. The summed E-state index contributed by atoms with van der Waals surface area (Å²) in [4.78, 5) is 3.96. The van der Waals surface area contributed by atoms with E-state index in [1.165, 1.54) is 25.7 Å². The molecule has 214 valence electrons. The van der Waals surface area contributed by atoms with E-state index in [4.69, 9.17) is 4.74 Å². The largest absolute Gasteiger partial charge is 0.494 e. The van der Waals surface area contributed by atoms with Gasteiger partial charge in [0.25, 0.3) is 0 Å². The summed E-state index contributed by atoms with van der Waals surface area (Å²) in [6, 6.07) is 14.5. The molecule has 1 heterocycles. The average Bonchev–Trinajstić information content (AvgIpc) is 3.39. The number of benzene rings is 2. The highest BCUT2D eigenvalue weighted by Crippen LogP contribution is 2.39. The fraction of sp³-hybridized carbons (Fsp3) is 0.387. The van der Waals surface area contributed by atoms with Crippen molar-refractivity contribution in [1.82, 2.24) is 10.3 Å². The van der Waals surface area contributed by atoms with Crippen molar-refractivity contribution in [3.63, 3.8) is 0 Å². The number of nitrogens with one attached hydrogen (secondary N) is 3. The van der Waals surface area contributed by atoms with Gasteiger partial charge in [0.15, 0.2) is 5.69 Å². The molecule has 2 fully saturated rings. The minimum atomic E-state index is -4.49. The van der Waals surface area contributed by atoms with Crippen LogP contribution in [0.3, 0.4) is 0 Å². The Labute approximate surface area is 238 Å². The Bertz CT molecular complexity index is 1280. The van der Waals surface area contributed by atoms with Crippen LogP contribution in [0.25, 0.3) is 11.6 Å². The highest BCUT2D eigenvalue weighted by Gasteiger charge is 2.34. The predicted octanol–water partition coefficient (Wildman–Crippen LogP) is 8.43. The Hall–Kier alpha value is -3.46. The SMILES string of the molecule is C=CNC1CCC1.CCOc1ccc(/C(=C/c2ccc(NC)cc2)c2nc(C(F)(F)F)cs2)c(NC2CCC2)c1. The van der Waals surface area contributed by atoms with Crippen LogP contribution in [-0.2, 0) is 6.18 Å². The summed E-state index contributed by atoms with van der Waals surface area (Å²) in [5.41, 5.74) is 3.22. The second-order valence-corrected chi connectivity index (χ2v) is 10.7. The molecule has 0 amide bonds. The maximum absolute atomic E-state index is 13.3. The summed E-state index contributed by atoms with van der Waals surface area (Å²) in [5.74, 6) is 0.718. The lowest BCUT2D eigenvalue weighted by atomic mass is 9.92. The Morgan fingerprint density at radius 2 is 1.77 bits per heavy atom. The first kappa shape index (κ1) is 29.5. The van der Waals surface area contributed by atoms with Crippen molar-refractivity contribution in [3.05, 3.63) is 82.5 Å². The predicted molar refractivity (Wildman–Crippen MR) is 160 cm³/mol. The van der Waals surface area contributed by atoms with E-state index in [1.54, 1.807) is 6.20 Å². The third-order valence-electron chi connectivity index (χ3n) is 7.05. The summed E-state index contributed by atoms with van der Waals surface area (Å²) in [7, 11) is 1.84. The molecule has 40 heavy (non-hydrogen) atoms. The molecule has 0 saturated heterocycles. The first-order chi connectivity index (χ1) is 19.3. The van der Waals surface area contributed by atoms with Crippen LogP contribution in [0.2, 0.25) is 0 Å². The van der Waals surface area contributed by atoms with Crippen LogP contribution in [0, 0.1) is 0 Å². The van der Waals surface area contributed by atoms with Crippen LogP contribution < -0.4 is 20.7 Å². The van der Waals surface area contributed by atoms with Crippen molar-refractivity contribution in [3.8, 4) is 5.75 Å². The summed E-state index contributed by atoms with van der Waals surface area (Å²) in [6.07, 6.45) is 6.56. The zero-order valence-corrected chi connectivity index (χ0v) is 23.8. The maximum atomic E-state index is 13.3. The molecule has 2 aromatic carbocycles. The average molecular weight is 571 g/mol. The van der Waals surface area contributed by atoms with E-state index in [0.717, 1.165) is 63.9 Å². The molecule has 5 rings (SSSR count). The van der Waals surface area contributed by atoms with Gasteiger partial charge >= 0.3 is 6.18 Å². The molecule has 1 aromatic heterocycles. The molecule has 0 atom stereocenters. The van der Waals surface area contributed by atoms with Crippen LogP contribution in [0.4, 0.5) is 24.5 Å². The maximum Gasteiger partial charge on any atom is 0.434 e. The van der Waals surface area contributed by atoms with Crippen molar-refractivity contribution in [2.24, 2.45) is 0 Å². The van der Waals surface area contributed by atoms with Gasteiger partial charge in [0, 0.05) is 53.1 Å². The number of nitrogens with zero attached hydrogens (tertiary/aromatic N) is 1. The Morgan fingerprint density at radius 3 is 2.27 bits per heavy atom. The molecule has 0 bridgehead atoms. The lowest BCUT2D eigenvalue weighted by molar-refractivity contribution is -0.140. The number of hydrogen-bond acceptors (Lipinski definition) is 6. The molecule has 2 aliphatic rings. The molecule has 3 N–H and O–H groups in total. The van der Waals surface area contributed by atoms with Gasteiger partial charge in [-0.2, -0.15) is 13.2 Å². The fourth-order valence-electron chi connectivity index (χ4n) is 4.34. The highest BCUT2D eigenvalue weighted by atomic mass is 32.1. The molecule has 2 saturated carbocycles. The van der Waals surface area contributed by atoms with E-state index in [1.807, 2.05) is 62.5 Å². The summed E-state index contributed by atoms with van der Waals surface area (Å²) < 4.78 is 45.6. The number of rotatable bonds is 10. The molecule has 9 heteroatoms. The zero-order valence-electron chi connectivity index (χ0n) is 23.0. The molecule has 3 aromatic rings. The topological polar surface area (TPSA) is 58.2 Å². The van der Waals surface area contributed by atoms with Gasteiger partial charge in [-0.1, -0.05) is 18.7 Å². The second kappa shape index (κ2) is 13.7. The monoisotopic (exact) mass is 570 g/mol. The fourth-order valence-corrected chi connectivity index (χ4v) is 5.20. The molecule has 0 spiro atoms. The smallest absolute Gasteiger partial charge is 0.434 e. The van der Waals surface area contributed by atoms with E-state index in [-0.39, 0.29) is 0 Å². The second-order valence-electron chi connectivity index (χ2n) is 9.88. The third kappa shape index (κ3) is 7.81. The zero-order chi connectivity index (χ0) is 28.5. The Morgan fingerprint density at radius 1 is 1.07 bits per heavy atom. The summed E-state index contributed by atoms with van der Waals surface area (Å²) in [5, 5.41) is 11.2. The van der Waals surface area contributed by atoms with Gasteiger partial charge in [-0.05, 0) is 87.6 Å². The Kier molecular flexibility index (Phi) is 10.1. The third-order valence-corrected chi connectivity index (χ3v) is 7.93. The number of hydrogen-bond donors (Lipinski definition) is 3. The summed E-state index contributed by atoms with van der Waals surface area (Å²) in [6.45, 7) is 6.02. The van der Waals surface area contributed by atoms with Crippen molar-refractivity contribution in [1.29, 1.82) is 0 Å². The van der Waals surface area contributed by atoms with Crippen LogP contribution in [0.1, 0.15) is 67.3 Å². The quantitative estimate of drug-likeness (QED) is 0.214. The van der Waals surface area contributed by atoms with Gasteiger partial charge in [-0.15, -0.1) is 11.3 Å². The number of thiazole rings is 1. The van der Waals surface area contributed by atoms with Crippen LogP contribution in [0.5, 0.6) is 5.75 Å². The molecule has 0 unspecified atom stereocenters. The minimum Gasteiger partial charge on any atom is -0.494 e. The molecular weight excluding hydrogens is 533 g/mol. The van der Waals surface area contributed by atoms with Gasteiger partial charge in [0.2, 0.25) is 0 Å². The van der Waals surface area contributed by atoms with E-state index in [9.17, 15) is 13.2 Å². The molecule has 5 nitrogen and oxygen atoms in total. The number of alkyl halides is 3. The van der Waals surface area contributed by atoms with Gasteiger partial charge in [-0.3, -0.25) is 0 Å². The Balaban J connectivity index is 0.000000461. The number of anilines is 2. The van der Waals surface area contributed by atoms with Crippen molar-refractivity contribution >= 4 is 34.4 Å². The van der Waals surface area contributed by atoms with Crippen LogP contribution in [-0.4, -0.2) is 30.7 Å². The van der Waals surface area contributed by atoms with Gasteiger partial charge < -0.3 is 20.7 Å². The molecule has 0 radical (unpaired) electrons. The van der Waals surface area contributed by atoms with Crippen molar-refractivity contribution < 1.29 is 17.9 Å². The lowest BCUT2D eigenvalue weighted by Crippen LogP contribution is -2.30. The van der Waals surface area contributed by atoms with Gasteiger partial charge in [-0.25, -0.2) is 4.98 Å². The number of ether oxygens (including phenoxy) is 1. The molecule has 0 aliphatic heterocycles. The van der Waals surface area contributed by atoms with E-state index in [0.29, 0.717) is 23.2 Å².